The van der Waals surface area contributed by atoms with Gasteiger partial charge in [0.2, 0.25) is 0 Å². The van der Waals surface area contributed by atoms with E-state index in [1.165, 1.54) is 7.11 Å². The highest BCUT2D eigenvalue weighted by Crippen LogP contribution is 1.95. The predicted octanol–water partition coefficient (Wildman–Crippen LogP) is 0.353. The first-order valence-electron chi connectivity index (χ1n) is 4.19. The Kier molecular flexibility index (Phi) is 7.87. The molecule has 0 aromatic carbocycles. The predicted molar refractivity (Wildman–Crippen MR) is 49.8 cm³/mol. The molecule has 0 aromatic rings. The first-order chi connectivity index (χ1) is 6.72. The molecule has 0 rings (SSSR count). The minimum absolute atomic E-state index is 0.0113. The van der Waals surface area contributed by atoms with Gasteiger partial charge in [-0.1, -0.05) is 0 Å². The molecule has 0 aliphatic rings. The standard InChI is InChI=1S/C9H16O5/c1-8(9(10)12-3)14-7-6-13-5-4-11-2/h1,4-7H2,2-3H3. The fourth-order valence-electron chi connectivity index (χ4n) is 0.641. The smallest absolute Gasteiger partial charge is 0.372 e. The van der Waals surface area contributed by atoms with E-state index >= 15 is 0 Å². The van der Waals surface area contributed by atoms with Crippen molar-refractivity contribution in [3.05, 3.63) is 12.3 Å². The van der Waals surface area contributed by atoms with Gasteiger partial charge in [-0.05, 0) is 6.58 Å². The molecule has 0 atom stereocenters. The first kappa shape index (κ1) is 12.9. The van der Waals surface area contributed by atoms with Crippen molar-refractivity contribution in [3.63, 3.8) is 0 Å². The number of methoxy groups -OCH3 is 2. The average molecular weight is 204 g/mol. The highest BCUT2D eigenvalue weighted by Gasteiger charge is 2.06. The summed E-state index contributed by atoms with van der Waals surface area (Å²) >= 11 is 0. The zero-order chi connectivity index (χ0) is 10.8. The third-order valence-corrected chi connectivity index (χ3v) is 1.35. The third kappa shape index (κ3) is 6.45. The summed E-state index contributed by atoms with van der Waals surface area (Å²) in [7, 11) is 2.87. The molecule has 0 fully saturated rings. The van der Waals surface area contributed by atoms with Crippen LogP contribution in [0.1, 0.15) is 0 Å². The second-order valence-corrected chi connectivity index (χ2v) is 2.37. The Hall–Kier alpha value is -1.07. The maximum absolute atomic E-state index is 10.8. The van der Waals surface area contributed by atoms with E-state index < -0.39 is 5.97 Å². The van der Waals surface area contributed by atoms with Crippen molar-refractivity contribution in [2.45, 2.75) is 0 Å². The molecule has 5 heteroatoms. The lowest BCUT2D eigenvalue weighted by molar-refractivity contribution is -0.140. The molecule has 0 aromatic heterocycles. The molecule has 0 aliphatic carbocycles. The minimum Gasteiger partial charge on any atom is -0.485 e. The summed E-state index contributed by atoms with van der Waals surface area (Å²) in [5, 5.41) is 0. The first-order valence-corrected chi connectivity index (χ1v) is 4.19. The van der Waals surface area contributed by atoms with E-state index in [4.69, 9.17) is 14.2 Å². The van der Waals surface area contributed by atoms with Gasteiger partial charge in [-0.2, -0.15) is 0 Å². The Balaban J connectivity index is 3.27. The molecular weight excluding hydrogens is 188 g/mol. The van der Waals surface area contributed by atoms with Crippen LogP contribution in [0.4, 0.5) is 0 Å². The molecule has 0 unspecified atom stereocenters. The maximum atomic E-state index is 10.8. The molecule has 82 valence electrons. The number of esters is 1. The van der Waals surface area contributed by atoms with E-state index in [0.717, 1.165) is 0 Å². The van der Waals surface area contributed by atoms with E-state index in [-0.39, 0.29) is 12.4 Å². The van der Waals surface area contributed by atoms with Crippen LogP contribution in [-0.2, 0) is 23.7 Å². The van der Waals surface area contributed by atoms with Gasteiger partial charge in [0.15, 0.2) is 5.76 Å². The fourth-order valence-corrected chi connectivity index (χ4v) is 0.641. The van der Waals surface area contributed by atoms with Gasteiger partial charge in [0.25, 0.3) is 0 Å². The largest absolute Gasteiger partial charge is 0.485 e. The van der Waals surface area contributed by atoms with E-state index in [0.29, 0.717) is 19.8 Å². The lowest BCUT2D eigenvalue weighted by atomic mass is 10.5. The van der Waals surface area contributed by atoms with Crippen molar-refractivity contribution in [1.29, 1.82) is 0 Å². The molecular formula is C9H16O5. The summed E-state index contributed by atoms with van der Waals surface area (Å²) in [6, 6.07) is 0. The van der Waals surface area contributed by atoms with Crippen LogP contribution >= 0.6 is 0 Å². The van der Waals surface area contributed by atoms with Crippen LogP contribution in [0.5, 0.6) is 0 Å². The van der Waals surface area contributed by atoms with Gasteiger partial charge in [-0.15, -0.1) is 0 Å². The van der Waals surface area contributed by atoms with Gasteiger partial charge in [0.1, 0.15) is 6.61 Å². The zero-order valence-electron chi connectivity index (χ0n) is 8.58. The fraction of sp³-hybridized carbons (Fsp3) is 0.667. The van der Waals surface area contributed by atoms with Crippen molar-refractivity contribution < 1.29 is 23.7 Å². The molecule has 0 bridgehead atoms. The third-order valence-electron chi connectivity index (χ3n) is 1.35. The number of ether oxygens (including phenoxy) is 4. The van der Waals surface area contributed by atoms with Crippen molar-refractivity contribution in [1.82, 2.24) is 0 Å². The topological polar surface area (TPSA) is 54.0 Å². The Morgan fingerprint density at radius 2 is 1.79 bits per heavy atom. The van der Waals surface area contributed by atoms with E-state index in [9.17, 15) is 4.79 Å². The molecule has 0 spiro atoms. The summed E-state index contributed by atoms with van der Waals surface area (Å²) in [5.41, 5.74) is 0. The van der Waals surface area contributed by atoms with E-state index in [2.05, 4.69) is 11.3 Å². The van der Waals surface area contributed by atoms with Crippen LogP contribution < -0.4 is 0 Å². The number of carbonyl (C=O) groups excluding carboxylic acids is 1. The van der Waals surface area contributed by atoms with Crippen LogP contribution in [0.2, 0.25) is 0 Å². The lowest BCUT2D eigenvalue weighted by Crippen LogP contribution is -2.12. The quantitative estimate of drug-likeness (QED) is 0.247. The van der Waals surface area contributed by atoms with Crippen LogP contribution in [0, 0.1) is 0 Å². The second kappa shape index (κ2) is 8.52. The van der Waals surface area contributed by atoms with Gasteiger partial charge in [-0.3, -0.25) is 0 Å². The van der Waals surface area contributed by atoms with Crippen LogP contribution in [-0.4, -0.2) is 46.6 Å². The van der Waals surface area contributed by atoms with Crippen LogP contribution in [0.25, 0.3) is 0 Å². The number of hydrogen-bond acceptors (Lipinski definition) is 5. The molecule has 0 saturated carbocycles. The highest BCUT2D eigenvalue weighted by molar-refractivity contribution is 5.85. The van der Waals surface area contributed by atoms with Crippen molar-refractivity contribution in [3.8, 4) is 0 Å². The number of hydrogen-bond donors (Lipinski definition) is 0. The molecule has 0 radical (unpaired) electrons. The molecule has 0 aliphatic heterocycles. The maximum Gasteiger partial charge on any atom is 0.372 e. The summed E-state index contributed by atoms with van der Waals surface area (Å²) in [6.07, 6.45) is 0. The minimum atomic E-state index is -0.568. The van der Waals surface area contributed by atoms with Crippen LogP contribution in [0.15, 0.2) is 12.3 Å². The monoisotopic (exact) mass is 204 g/mol. The van der Waals surface area contributed by atoms with E-state index in [1.807, 2.05) is 0 Å². The van der Waals surface area contributed by atoms with Gasteiger partial charge in [0, 0.05) is 7.11 Å². The Morgan fingerprint density at radius 3 is 2.36 bits per heavy atom. The number of carbonyl (C=O) groups is 1. The summed E-state index contributed by atoms with van der Waals surface area (Å²) in [5.74, 6) is -0.579. The Labute approximate surface area is 83.6 Å². The second-order valence-electron chi connectivity index (χ2n) is 2.37. The molecule has 0 amide bonds. The van der Waals surface area contributed by atoms with Gasteiger partial charge >= 0.3 is 5.97 Å². The van der Waals surface area contributed by atoms with E-state index in [1.54, 1.807) is 7.11 Å². The van der Waals surface area contributed by atoms with Gasteiger partial charge < -0.3 is 18.9 Å². The Bertz CT molecular complexity index is 178. The van der Waals surface area contributed by atoms with Crippen molar-refractivity contribution in [2.24, 2.45) is 0 Å². The van der Waals surface area contributed by atoms with Crippen molar-refractivity contribution >= 4 is 5.97 Å². The molecule has 5 nitrogen and oxygen atoms in total. The molecule has 14 heavy (non-hydrogen) atoms. The SMILES string of the molecule is C=C(OCCOCCOC)C(=O)OC. The van der Waals surface area contributed by atoms with Gasteiger partial charge in [-0.25, -0.2) is 4.79 Å². The number of rotatable bonds is 8. The van der Waals surface area contributed by atoms with Crippen LogP contribution in [0.3, 0.4) is 0 Å². The molecule has 0 N–H and O–H groups in total. The molecule has 0 saturated heterocycles. The lowest BCUT2D eigenvalue weighted by Gasteiger charge is -2.07. The highest BCUT2D eigenvalue weighted by atomic mass is 16.6. The summed E-state index contributed by atoms with van der Waals surface area (Å²) in [4.78, 5) is 10.8. The molecule has 0 heterocycles. The summed E-state index contributed by atoms with van der Waals surface area (Å²) in [6.45, 7) is 5.09. The Morgan fingerprint density at radius 1 is 1.14 bits per heavy atom. The van der Waals surface area contributed by atoms with Crippen molar-refractivity contribution in [2.75, 3.05) is 40.6 Å². The van der Waals surface area contributed by atoms with Gasteiger partial charge in [0.05, 0.1) is 26.9 Å². The zero-order valence-corrected chi connectivity index (χ0v) is 8.58. The summed E-state index contributed by atoms with van der Waals surface area (Å²) < 4.78 is 19.2. The average Bonchev–Trinajstić information content (AvgIpc) is 2.21. The normalized spacial score (nSPS) is 9.57.